The van der Waals surface area contributed by atoms with Gasteiger partial charge in [0.2, 0.25) is 21.8 Å². The molecule has 2 fully saturated rings. The van der Waals surface area contributed by atoms with Crippen LogP contribution in [-0.4, -0.2) is 89.8 Å². The summed E-state index contributed by atoms with van der Waals surface area (Å²) in [6.07, 6.45) is 0.329. The summed E-state index contributed by atoms with van der Waals surface area (Å²) >= 11 is 1.39. The van der Waals surface area contributed by atoms with E-state index in [2.05, 4.69) is 32.2 Å². The summed E-state index contributed by atoms with van der Waals surface area (Å²) in [5.41, 5.74) is -2.05. The van der Waals surface area contributed by atoms with E-state index in [-0.39, 0.29) is 25.1 Å². The lowest BCUT2D eigenvalue weighted by molar-refractivity contribution is -0.143. The highest BCUT2D eigenvalue weighted by Gasteiger charge is 2.61. The Bertz CT molecular complexity index is 1910. The molecule has 1 aromatic carbocycles. The number of sulfonamides is 1. The zero-order chi connectivity index (χ0) is 41.3. The number of rotatable bonds is 11. The van der Waals surface area contributed by atoms with Gasteiger partial charge in [-0.05, 0) is 62.6 Å². The molecule has 1 aromatic heterocycles. The van der Waals surface area contributed by atoms with Gasteiger partial charge in [-0.3, -0.25) is 24.4 Å². The standard InChI is InChI=1S/C38H54N6O9S2/c1-12-23-19-38(23,32(47)43-55(50,51)21-35(3,4)5)42-29(45)27-18-24(20-44(27)31(46)28(36(6,7)8)41-34(49)53-37(9,10)11)52-33(48)40-26-17-22(2)13-14-25(26)30-39-15-16-54-30/h12-17,23-24,27-28H,1,18-21H2,2-11H3,(H,40,48)(H,41,49)(H,42,45)(H,43,47). The lowest BCUT2D eigenvalue weighted by atomic mass is 9.85. The van der Waals surface area contributed by atoms with Crippen LogP contribution >= 0.6 is 11.3 Å². The number of thiazole rings is 1. The molecule has 2 aliphatic rings. The Morgan fingerprint density at radius 2 is 1.75 bits per heavy atom. The van der Waals surface area contributed by atoms with Crippen molar-refractivity contribution in [2.24, 2.45) is 16.7 Å². The van der Waals surface area contributed by atoms with Crippen LogP contribution in [-0.2, 0) is 33.9 Å². The van der Waals surface area contributed by atoms with Crippen LogP contribution in [0.25, 0.3) is 10.6 Å². The second kappa shape index (κ2) is 15.9. The fraction of sp³-hybridized carbons (Fsp3) is 0.579. The minimum Gasteiger partial charge on any atom is -0.444 e. The molecule has 4 N–H and O–H groups in total. The maximum absolute atomic E-state index is 14.4. The SMILES string of the molecule is C=CC1CC1(NC(=O)C1CC(OC(=O)Nc2cc(C)ccc2-c2nccs2)CN1C(=O)C(NC(=O)OC(C)(C)C)C(C)(C)C)C(=O)NS(=O)(=O)CC(C)(C)C. The van der Waals surface area contributed by atoms with Gasteiger partial charge >= 0.3 is 12.2 Å². The fourth-order valence-corrected chi connectivity index (χ4v) is 8.74. The van der Waals surface area contributed by atoms with E-state index in [0.29, 0.717) is 16.3 Å². The van der Waals surface area contributed by atoms with Gasteiger partial charge in [0.25, 0.3) is 5.91 Å². The number of hydrogen-bond acceptors (Lipinski definition) is 11. The van der Waals surface area contributed by atoms with Gasteiger partial charge in [-0.2, -0.15) is 0 Å². The maximum Gasteiger partial charge on any atom is 0.411 e. The van der Waals surface area contributed by atoms with Crippen LogP contribution in [0.15, 0.2) is 42.4 Å². The van der Waals surface area contributed by atoms with Crippen molar-refractivity contribution in [3.05, 3.63) is 48.0 Å². The van der Waals surface area contributed by atoms with E-state index in [4.69, 9.17) is 9.47 Å². The summed E-state index contributed by atoms with van der Waals surface area (Å²) in [7, 11) is -4.08. The van der Waals surface area contributed by atoms with Gasteiger partial charge in [0.15, 0.2) is 0 Å². The van der Waals surface area contributed by atoms with E-state index in [0.717, 1.165) is 5.56 Å². The first-order valence-electron chi connectivity index (χ1n) is 18.0. The second-order valence-corrected chi connectivity index (χ2v) is 20.1. The number of aryl methyl sites for hydroxylation is 1. The number of ether oxygens (including phenoxy) is 2. The molecule has 55 heavy (non-hydrogen) atoms. The van der Waals surface area contributed by atoms with Gasteiger partial charge in [0.1, 0.15) is 34.3 Å². The van der Waals surface area contributed by atoms with Gasteiger partial charge in [-0.1, -0.05) is 53.7 Å². The molecular weight excluding hydrogens is 749 g/mol. The third-order valence-corrected chi connectivity index (χ3v) is 11.4. The first kappa shape index (κ1) is 43.2. The Hall–Kier alpha value is -4.51. The minimum atomic E-state index is -4.08. The molecule has 5 unspecified atom stereocenters. The molecule has 0 bridgehead atoms. The van der Waals surface area contributed by atoms with Crippen molar-refractivity contribution >= 4 is 57.0 Å². The molecule has 1 aliphatic heterocycles. The molecule has 5 atom stereocenters. The Balaban J connectivity index is 1.63. The zero-order valence-electron chi connectivity index (χ0n) is 33.2. The summed E-state index contributed by atoms with van der Waals surface area (Å²) in [6.45, 7) is 20.8. The lowest BCUT2D eigenvalue weighted by Gasteiger charge is -2.36. The van der Waals surface area contributed by atoms with Crippen LogP contribution < -0.4 is 20.7 Å². The van der Waals surface area contributed by atoms with Crippen LogP contribution in [0.1, 0.15) is 80.7 Å². The Morgan fingerprint density at radius 1 is 1.07 bits per heavy atom. The molecule has 5 amide bonds. The molecule has 17 heteroatoms. The smallest absolute Gasteiger partial charge is 0.411 e. The minimum absolute atomic E-state index is 0.0743. The van der Waals surface area contributed by atoms with Crippen molar-refractivity contribution in [1.29, 1.82) is 0 Å². The summed E-state index contributed by atoms with van der Waals surface area (Å²) < 4.78 is 39.2. The summed E-state index contributed by atoms with van der Waals surface area (Å²) in [5, 5.41) is 10.6. The molecule has 1 aliphatic carbocycles. The van der Waals surface area contributed by atoms with Crippen LogP contribution in [0.3, 0.4) is 0 Å². The Kier molecular flexibility index (Phi) is 12.5. The van der Waals surface area contributed by atoms with Crippen molar-refractivity contribution in [3.8, 4) is 10.6 Å². The summed E-state index contributed by atoms with van der Waals surface area (Å²) in [5.74, 6) is -3.29. The number of carbonyl (C=O) groups is 5. The van der Waals surface area contributed by atoms with Gasteiger partial charge < -0.3 is 25.0 Å². The van der Waals surface area contributed by atoms with Crippen molar-refractivity contribution < 1.29 is 41.9 Å². The van der Waals surface area contributed by atoms with E-state index in [1.807, 2.05) is 24.4 Å². The average molecular weight is 803 g/mol. The third kappa shape index (κ3) is 11.3. The van der Waals surface area contributed by atoms with Gasteiger partial charge in [0, 0.05) is 29.5 Å². The molecule has 2 heterocycles. The largest absolute Gasteiger partial charge is 0.444 e. The molecule has 0 radical (unpaired) electrons. The number of likely N-dealkylation sites (tertiary alicyclic amines) is 1. The predicted octanol–water partition coefficient (Wildman–Crippen LogP) is 5.13. The first-order valence-corrected chi connectivity index (χ1v) is 20.5. The molecule has 1 saturated carbocycles. The van der Waals surface area contributed by atoms with E-state index in [1.165, 1.54) is 22.3 Å². The Labute approximate surface area is 327 Å². The van der Waals surface area contributed by atoms with E-state index < -0.39 is 86.0 Å². The highest BCUT2D eigenvalue weighted by atomic mass is 32.2. The number of amides is 5. The van der Waals surface area contributed by atoms with Crippen LogP contribution in [0, 0.1) is 23.7 Å². The molecular formula is C38H54N6O9S2. The van der Waals surface area contributed by atoms with Crippen molar-refractivity contribution in [2.45, 2.75) is 111 Å². The van der Waals surface area contributed by atoms with Crippen LogP contribution in [0.5, 0.6) is 0 Å². The highest BCUT2D eigenvalue weighted by Crippen LogP contribution is 2.45. The van der Waals surface area contributed by atoms with Crippen LogP contribution in [0.2, 0.25) is 0 Å². The Morgan fingerprint density at radius 3 is 2.29 bits per heavy atom. The normalized spacial score (nSPS) is 21.9. The van der Waals surface area contributed by atoms with Gasteiger partial charge in [-0.15, -0.1) is 17.9 Å². The summed E-state index contributed by atoms with van der Waals surface area (Å²) in [4.78, 5) is 74.2. The van der Waals surface area contributed by atoms with Gasteiger partial charge in [-0.25, -0.2) is 23.0 Å². The van der Waals surface area contributed by atoms with Crippen molar-refractivity contribution in [1.82, 2.24) is 25.2 Å². The zero-order valence-corrected chi connectivity index (χ0v) is 34.8. The molecule has 1 saturated heterocycles. The summed E-state index contributed by atoms with van der Waals surface area (Å²) in [6, 6.07) is 3.01. The number of carbonyl (C=O) groups excluding carboxylic acids is 5. The first-order chi connectivity index (χ1) is 25.2. The molecule has 4 rings (SSSR count). The highest BCUT2D eigenvalue weighted by molar-refractivity contribution is 7.90. The molecule has 2 aromatic rings. The van der Waals surface area contributed by atoms with E-state index in [9.17, 15) is 32.4 Å². The van der Waals surface area contributed by atoms with E-state index >= 15 is 0 Å². The maximum atomic E-state index is 14.4. The predicted molar refractivity (Wildman–Crippen MR) is 209 cm³/mol. The quantitative estimate of drug-likeness (QED) is 0.221. The number of hydrogen-bond donors (Lipinski definition) is 4. The number of anilines is 1. The molecule has 302 valence electrons. The molecule has 15 nitrogen and oxygen atoms in total. The number of alkyl carbamates (subject to hydrolysis) is 1. The number of nitrogens with zero attached hydrogens (tertiary/aromatic N) is 2. The number of nitrogens with one attached hydrogen (secondary N) is 4. The fourth-order valence-electron chi connectivity index (χ4n) is 6.39. The topological polar surface area (TPSA) is 202 Å². The van der Waals surface area contributed by atoms with E-state index in [1.54, 1.807) is 74.6 Å². The monoisotopic (exact) mass is 802 g/mol. The van der Waals surface area contributed by atoms with Gasteiger partial charge in [0.05, 0.1) is 18.0 Å². The molecule has 0 spiro atoms. The van der Waals surface area contributed by atoms with Crippen molar-refractivity contribution in [3.63, 3.8) is 0 Å². The third-order valence-electron chi connectivity index (χ3n) is 8.89. The van der Waals surface area contributed by atoms with Crippen LogP contribution in [0.4, 0.5) is 15.3 Å². The lowest BCUT2D eigenvalue weighted by Crippen LogP contribution is -2.60. The second-order valence-electron chi connectivity index (χ2n) is 17.5. The number of benzene rings is 1. The van der Waals surface area contributed by atoms with Crippen molar-refractivity contribution in [2.75, 3.05) is 17.6 Å². The average Bonchev–Trinajstić information content (AvgIpc) is 3.31. The number of aromatic nitrogens is 1.